The number of carbonyl (C=O) groups excluding carboxylic acids is 1. The van der Waals surface area contributed by atoms with Crippen molar-refractivity contribution in [2.24, 2.45) is 11.7 Å². The number of halogens is 1. The summed E-state index contributed by atoms with van der Waals surface area (Å²) in [6, 6.07) is 2.22. The minimum absolute atomic E-state index is 0.118. The third-order valence-electron chi connectivity index (χ3n) is 3.30. The van der Waals surface area contributed by atoms with Gasteiger partial charge in [-0.1, -0.05) is 6.42 Å². The second-order valence-electron chi connectivity index (χ2n) is 4.53. The molecule has 2 atom stereocenters. The van der Waals surface area contributed by atoms with Crippen molar-refractivity contribution < 1.29 is 4.79 Å². The molecule has 3 N–H and O–H groups in total. The van der Waals surface area contributed by atoms with Crippen LogP contribution in [0, 0.1) is 5.92 Å². The zero-order valence-electron chi connectivity index (χ0n) is 9.62. The fraction of sp³-hybridized carbons (Fsp3) is 0.583. The van der Waals surface area contributed by atoms with Crippen LogP contribution in [0.2, 0.25) is 0 Å². The normalized spacial score (nSPS) is 23.9. The Hall–Kier alpha value is -0.390. The van der Waals surface area contributed by atoms with E-state index in [9.17, 15) is 4.79 Å². The number of thiophene rings is 1. The van der Waals surface area contributed by atoms with Gasteiger partial charge < -0.3 is 11.1 Å². The Kier molecular flexibility index (Phi) is 4.59. The maximum atomic E-state index is 11.8. The maximum Gasteiger partial charge on any atom is 0.220 e. The van der Waals surface area contributed by atoms with E-state index in [2.05, 4.69) is 21.2 Å². The van der Waals surface area contributed by atoms with Crippen LogP contribution in [-0.2, 0) is 11.3 Å². The lowest BCUT2D eigenvalue weighted by atomic mass is 10.00. The van der Waals surface area contributed by atoms with E-state index in [0.29, 0.717) is 18.9 Å². The standard InChI is InChI=1S/C12H17BrN2OS/c13-9-4-5-17-11(9)7-15-12(16)6-8-2-1-3-10(8)14/h4-5,8,10H,1-3,6-7,14H2,(H,15,16)/t8-,10+/m0/s1. The highest BCUT2D eigenvalue weighted by molar-refractivity contribution is 9.10. The van der Waals surface area contributed by atoms with Crippen LogP contribution < -0.4 is 11.1 Å². The van der Waals surface area contributed by atoms with Gasteiger partial charge in [-0.2, -0.15) is 0 Å². The molecular formula is C12H17BrN2OS. The van der Waals surface area contributed by atoms with Crippen molar-refractivity contribution in [2.75, 3.05) is 0 Å². The van der Waals surface area contributed by atoms with Crippen molar-refractivity contribution in [3.05, 3.63) is 20.8 Å². The molecular weight excluding hydrogens is 300 g/mol. The first kappa shape index (κ1) is 13.1. The number of carbonyl (C=O) groups is 1. The van der Waals surface area contributed by atoms with Crippen LogP contribution in [-0.4, -0.2) is 11.9 Å². The zero-order chi connectivity index (χ0) is 12.3. The molecule has 0 saturated heterocycles. The molecule has 1 aromatic rings. The second-order valence-corrected chi connectivity index (χ2v) is 6.38. The molecule has 0 radical (unpaired) electrons. The Morgan fingerprint density at radius 2 is 2.41 bits per heavy atom. The molecule has 1 aliphatic carbocycles. The van der Waals surface area contributed by atoms with Crippen molar-refractivity contribution in [2.45, 2.75) is 38.3 Å². The Labute approximate surface area is 114 Å². The van der Waals surface area contributed by atoms with Gasteiger partial charge in [-0.15, -0.1) is 11.3 Å². The van der Waals surface area contributed by atoms with Crippen molar-refractivity contribution in [3.8, 4) is 0 Å². The molecule has 94 valence electrons. The molecule has 1 saturated carbocycles. The van der Waals surface area contributed by atoms with Gasteiger partial charge in [0.1, 0.15) is 0 Å². The molecule has 1 heterocycles. The summed E-state index contributed by atoms with van der Waals surface area (Å²) in [5, 5.41) is 4.97. The smallest absolute Gasteiger partial charge is 0.220 e. The number of nitrogens with two attached hydrogens (primary N) is 1. The van der Waals surface area contributed by atoms with E-state index in [1.54, 1.807) is 11.3 Å². The predicted octanol–water partition coefficient (Wildman–Crippen LogP) is 2.64. The van der Waals surface area contributed by atoms with Crippen LogP contribution in [0.5, 0.6) is 0 Å². The first-order valence-corrected chi connectivity index (χ1v) is 7.58. The van der Waals surface area contributed by atoms with Crippen LogP contribution >= 0.6 is 27.3 Å². The highest BCUT2D eigenvalue weighted by Crippen LogP contribution is 2.27. The average Bonchev–Trinajstić information content (AvgIpc) is 2.86. The molecule has 1 fully saturated rings. The minimum Gasteiger partial charge on any atom is -0.351 e. The number of amides is 1. The molecule has 5 heteroatoms. The van der Waals surface area contributed by atoms with E-state index >= 15 is 0 Å². The van der Waals surface area contributed by atoms with Gasteiger partial charge in [0.25, 0.3) is 0 Å². The Bertz CT molecular complexity index is 394. The molecule has 17 heavy (non-hydrogen) atoms. The summed E-state index contributed by atoms with van der Waals surface area (Å²) in [5.41, 5.74) is 5.96. The van der Waals surface area contributed by atoms with Crippen LogP contribution in [0.1, 0.15) is 30.6 Å². The van der Waals surface area contributed by atoms with E-state index in [0.717, 1.165) is 28.6 Å². The number of hydrogen-bond donors (Lipinski definition) is 2. The molecule has 3 nitrogen and oxygen atoms in total. The summed E-state index contributed by atoms with van der Waals surface area (Å²) in [7, 11) is 0. The van der Waals surface area contributed by atoms with Crippen molar-refractivity contribution >= 4 is 33.2 Å². The highest BCUT2D eigenvalue weighted by atomic mass is 79.9. The topological polar surface area (TPSA) is 55.1 Å². The Balaban J connectivity index is 1.76. The van der Waals surface area contributed by atoms with E-state index in [4.69, 9.17) is 5.73 Å². The Morgan fingerprint density at radius 1 is 1.59 bits per heavy atom. The molecule has 0 bridgehead atoms. The van der Waals surface area contributed by atoms with Crippen molar-refractivity contribution in [3.63, 3.8) is 0 Å². The Morgan fingerprint density at radius 3 is 3.00 bits per heavy atom. The van der Waals surface area contributed by atoms with E-state index in [1.807, 2.05) is 11.4 Å². The van der Waals surface area contributed by atoms with Crippen LogP contribution in [0.25, 0.3) is 0 Å². The number of rotatable bonds is 4. The highest BCUT2D eigenvalue weighted by Gasteiger charge is 2.25. The molecule has 1 amide bonds. The fourth-order valence-corrected chi connectivity index (χ4v) is 3.69. The summed E-state index contributed by atoms with van der Waals surface area (Å²) in [4.78, 5) is 12.9. The first-order valence-electron chi connectivity index (χ1n) is 5.91. The van der Waals surface area contributed by atoms with Gasteiger partial charge in [-0.3, -0.25) is 4.79 Å². The monoisotopic (exact) mass is 316 g/mol. The van der Waals surface area contributed by atoms with Gasteiger partial charge in [0.05, 0.1) is 6.54 Å². The summed E-state index contributed by atoms with van der Waals surface area (Å²) < 4.78 is 1.07. The van der Waals surface area contributed by atoms with E-state index in [1.165, 1.54) is 0 Å². The third kappa shape index (κ3) is 3.53. The van der Waals surface area contributed by atoms with Gasteiger partial charge >= 0.3 is 0 Å². The molecule has 1 aliphatic rings. The lowest BCUT2D eigenvalue weighted by molar-refractivity contribution is -0.122. The summed E-state index contributed by atoms with van der Waals surface area (Å²) in [6.07, 6.45) is 3.89. The lowest BCUT2D eigenvalue weighted by Gasteiger charge is -2.14. The van der Waals surface area contributed by atoms with Gasteiger partial charge in [-0.05, 0) is 46.1 Å². The fourth-order valence-electron chi connectivity index (χ4n) is 2.26. The van der Waals surface area contributed by atoms with Gasteiger partial charge in [0.2, 0.25) is 5.91 Å². The largest absolute Gasteiger partial charge is 0.351 e. The van der Waals surface area contributed by atoms with Crippen molar-refractivity contribution in [1.82, 2.24) is 5.32 Å². The molecule has 0 unspecified atom stereocenters. The van der Waals surface area contributed by atoms with E-state index in [-0.39, 0.29) is 11.9 Å². The summed E-state index contributed by atoms with van der Waals surface area (Å²) in [5.74, 6) is 0.495. The maximum absolute atomic E-state index is 11.8. The third-order valence-corrected chi connectivity index (χ3v) is 5.23. The lowest BCUT2D eigenvalue weighted by Crippen LogP contribution is -2.31. The van der Waals surface area contributed by atoms with E-state index < -0.39 is 0 Å². The molecule has 0 aliphatic heterocycles. The zero-order valence-corrected chi connectivity index (χ0v) is 12.0. The molecule has 1 aromatic heterocycles. The average molecular weight is 317 g/mol. The number of nitrogens with one attached hydrogen (secondary N) is 1. The van der Waals surface area contributed by atoms with Gasteiger partial charge in [-0.25, -0.2) is 0 Å². The SMILES string of the molecule is N[C@@H]1CCC[C@H]1CC(=O)NCc1sccc1Br. The summed E-state index contributed by atoms with van der Waals surface area (Å²) >= 11 is 5.10. The molecule has 0 spiro atoms. The molecule has 2 rings (SSSR count). The molecule has 0 aromatic carbocycles. The van der Waals surface area contributed by atoms with Crippen LogP contribution in [0.3, 0.4) is 0 Å². The number of hydrogen-bond acceptors (Lipinski definition) is 3. The first-order chi connectivity index (χ1) is 8.16. The van der Waals surface area contributed by atoms with Crippen LogP contribution in [0.15, 0.2) is 15.9 Å². The van der Waals surface area contributed by atoms with Crippen LogP contribution in [0.4, 0.5) is 0 Å². The van der Waals surface area contributed by atoms with Gasteiger partial charge in [0.15, 0.2) is 0 Å². The quantitative estimate of drug-likeness (QED) is 0.897. The predicted molar refractivity (Wildman–Crippen MR) is 73.8 cm³/mol. The van der Waals surface area contributed by atoms with Gasteiger partial charge in [0, 0.05) is 21.8 Å². The second kappa shape index (κ2) is 5.98. The summed E-state index contributed by atoms with van der Waals surface area (Å²) in [6.45, 7) is 0.610. The van der Waals surface area contributed by atoms with Crippen molar-refractivity contribution in [1.29, 1.82) is 0 Å². The minimum atomic E-state index is 0.118.